The zero-order valence-electron chi connectivity index (χ0n) is 15.6. The first-order valence-corrected chi connectivity index (χ1v) is 9.34. The molecule has 0 aliphatic rings. The highest BCUT2D eigenvalue weighted by molar-refractivity contribution is 7.11. The molecule has 0 fully saturated rings. The molecule has 0 radical (unpaired) electrons. The van der Waals surface area contributed by atoms with Crippen LogP contribution in [0.2, 0.25) is 0 Å². The lowest BCUT2D eigenvalue weighted by atomic mass is 10.1. The van der Waals surface area contributed by atoms with E-state index in [1.54, 1.807) is 11.3 Å². The van der Waals surface area contributed by atoms with Crippen molar-refractivity contribution in [2.75, 3.05) is 20.3 Å². The van der Waals surface area contributed by atoms with E-state index in [0.29, 0.717) is 12.3 Å². The number of thiazole rings is 1. The van der Waals surface area contributed by atoms with Crippen LogP contribution in [0.1, 0.15) is 34.2 Å². The van der Waals surface area contributed by atoms with Gasteiger partial charge < -0.3 is 19.9 Å². The summed E-state index contributed by atoms with van der Waals surface area (Å²) in [6, 6.07) is 7.80. The predicted octanol–water partition coefficient (Wildman–Crippen LogP) is 2.57. The van der Waals surface area contributed by atoms with Crippen molar-refractivity contribution in [3.05, 3.63) is 45.4 Å². The van der Waals surface area contributed by atoms with Gasteiger partial charge in [0.05, 0.1) is 17.8 Å². The molecule has 0 bridgehead atoms. The minimum absolute atomic E-state index is 0.0960. The summed E-state index contributed by atoms with van der Waals surface area (Å²) in [6.45, 7) is 6.37. The first-order chi connectivity index (χ1) is 12.4. The summed E-state index contributed by atoms with van der Waals surface area (Å²) in [6.07, 6.45) is 0.218. The summed E-state index contributed by atoms with van der Waals surface area (Å²) in [5.74, 6) is 0.223. The van der Waals surface area contributed by atoms with E-state index in [1.165, 1.54) is 7.11 Å². The van der Waals surface area contributed by atoms with Crippen molar-refractivity contribution >= 4 is 17.3 Å². The Kier molecular flexibility index (Phi) is 7.56. The Bertz CT molecular complexity index is 715. The van der Waals surface area contributed by atoms with Gasteiger partial charge in [-0.3, -0.25) is 0 Å². The molecule has 6 nitrogen and oxygen atoms in total. The van der Waals surface area contributed by atoms with Gasteiger partial charge in [-0.2, -0.15) is 0 Å². The van der Waals surface area contributed by atoms with Gasteiger partial charge in [-0.05, 0) is 44.9 Å². The number of aromatic nitrogens is 1. The SMILES string of the molecule is COC(=O)COc1ccc(CC(C)NCC(O)c2nc(C)sc2C)cc1. The molecular weight excluding hydrogens is 352 g/mol. The van der Waals surface area contributed by atoms with Crippen molar-refractivity contribution in [2.45, 2.75) is 39.3 Å². The van der Waals surface area contributed by atoms with Gasteiger partial charge in [-0.1, -0.05) is 12.1 Å². The van der Waals surface area contributed by atoms with E-state index in [0.717, 1.165) is 27.6 Å². The molecule has 0 aliphatic heterocycles. The van der Waals surface area contributed by atoms with Gasteiger partial charge in [0, 0.05) is 17.5 Å². The fourth-order valence-electron chi connectivity index (χ4n) is 2.61. The molecule has 7 heteroatoms. The number of ether oxygens (including phenoxy) is 2. The molecule has 1 aromatic heterocycles. The molecule has 0 spiro atoms. The zero-order chi connectivity index (χ0) is 19.1. The normalized spacial score (nSPS) is 13.3. The van der Waals surface area contributed by atoms with Gasteiger partial charge >= 0.3 is 5.97 Å². The van der Waals surface area contributed by atoms with Gasteiger partial charge in [-0.25, -0.2) is 9.78 Å². The number of carbonyl (C=O) groups is 1. The molecule has 0 saturated carbocycles. The van der Waals surface area contributed by atoms with Crippen LogP contribution < -0.4 is 10.1 Å². The zero-order valence-corrected chi connectivity index (χ0v) is 16.4. The third-order valence-electron chi connectivity index (χ3n) is 3.96. The largest absolute Gasteiger partial charge is 0.482 e. The summed E-state index contributed by atoms with van der Waals surface area (Å²) >= 11 is 1.60. The average Bonchev–Trinajstić information content (AvgIpc) is 2.97. The topological polar surface area (TPSA) is 80.7 Å². The van der Waals surface area contributed by atoms with Crippen LogP contribution in [0.3, 0.4) is 0 Å². The first kappa shape index (κ1) is 20.4. The van der Waals surface area contributed by atoms with Crippen molar-refractivity contribution in [3.63, 3.8) is 0 Å². The van der Waals surface area contributed by atoms with Crippen LogP contribution in [0.5, 0.6) is 5.75 Å². The molecular formula is C19H26N2O4S. The quantitative estimate of drug-likeness (QED) is 0.653. The van der Waals surface area contributed by atoms with E-state index in [1.807, 2.05) is 38.1 Å². The molecule has 2 aromatic rings. The highest BCUT2D eigenvalue weighted by atomic mass is 32.1. The third kappa shape index (κ3) is 6.09. The number of aryl methyl sites for hydroxylation is 2. The van der Waals surface area contributed by atoms with E-state index in [-0.39, 0.29) is 12.6 Å². The number of carbonyl (C=O) groups excluding carboxylic acids is 1. The summed E-state index contributed by atoms with van der Waals surface area (Å²) in [4.78, 5) is 16.5. The van der Waals surface area contributed by atoms with Crippen molar-refractivity contribution in [1.82, 2.24) is 10.3 Å². The number of nitrogens with zero attached hydrogens (tertiary/aromatic N) is 1. The van der Waals surface area contributed by atoms with Crippen LogP contribution in [-0.4, -0.2) is 42.4 Å². The molecule has 0 saturated heterocycles. The summed E-state index contributed by atoms with van der Waals surface area (Å²) in [5.41, 5.74) is 1.91. The summed E-state index contributed by atoms with van der Waals surface area (Å²) in [7, 11) is 1.33. The molecule has 26 heavy (non-hydrogen) atoms. The summed E-state index contributed by atoms with van der Waals surface area (Å²) < 4.78 is 9.87. The van der Waals surface area contributed by atoms with E-state index in [2.05, 4.69) is 22.0 Å². The van der Waals surface area contributed by atoms with Crippen LogP contribution in [0.15, 0.2) is 24.3 Å². The highest BCUT2D eigenvalue weighted by Gasteiger charge is 2.16. The van der Waals surface area contributed by atoms with Crippen LogP contribution in [0.4, 0.5) is 0 Å². The molecule has 1 aromatic carbocycles. The monoisotopic (exact) mass is 378 g/mol. The third-order valence-corrected chi connectivity index (χ3v) is 4.87. The first-order valence-electron chi connectivity index (χ1n) is 8.53. The Morgan fingerprint density at radius 1 is 1.31 bits per heavy atom. The molecule has 2 N–H and O–H groups in total. The lowest BCUT2D eigenvalue weighted by Gasteiger charge is -2.17. The number of rotatable bonds is 9. The molecule has 2 atom stereocenters. The second kappa shape index (κ2) is 9.66. The van der Waals surface area contributed by atoms with Crippen molar-refractivity contribution in [3.8, 4) is 5.75 Å². The van der Waals surface area contributed by atoms with E-state index >= 15 is 0 Å². The number of aliphatic hydroxyl groups excluding tert-OH is 1. The molecule has 2 rings (SSSR count). The van der Waals surface area contributed by atoms with Gasteiger partial charge in [0.2, 0.25) is 0 Å². The van der Waals surface area contributed by atoms with Crippen LogP contribution in [0, 0.1) is 13.8 Å². The smallest absolute Gasteiger partial charge is 0.343 e. The lowest BCUT2D eigenvalue weighted by molar-refractivity contribution is -0.142. The number of hydrogen-bond acceptors (Lipinski definition) is 7. The fourth-order valence-corrected chi connectivity index (χ4v) is 3.49. The Balaban J connectivity index is 1.79. The second-order valence-corrected chi connectivity index (χ2v) is 7.62. The minimum Gasteiger partial charge on any atom is -0.482 e. The molecule has 2 unspecified atom stereocenters. The lowest BCUT2D eigenvalue weighted by Crippen LogP contribution is -2.32. The number of methoxy groups -OCH3 is 1. The van der Waals surface area contributed by atoms with Crippen LogP contribution in [0.25, 0.3) is 0 Å². The van der Waals surface area contributed by atoms with E-state index in [9.17, 15) is 9.90 Å². The second-order valence-electron chi connectivity index (χ2n) is 6.21. The maximum atomic E-state index is 11.1. The van der Waals surface area contributed by atoms with Gasteiger partial charge in [0.25, 0.3) is 0 Å². The van der Waals surface area contributed by atoms with Crippen molar-refractivity contribution in [2.24, 2.45) is 0 Å². The Hall–Kier alpha value is -1.96. The number of hydrogen-bond donors (Lipinski definition) is 2. The standard InChI is InChI=1S/C19H26N2O4S/c1-12(20-10-17(22)19-13(2)26-14(3)21-19)9-15-5-7-16(8-6-15)25-11-18(23)24-4/h5-8,12,17,20,22H,9-11H2,1-4H3. The number of aliphatic hydroxyl groups is 1. The number of benzene rings is 1. The van der Waals surface area contributed by atoms with Crippen molar-refractivity contribution < 1.29 is 19.4 Å². The van der Waals surface area contributed by atoms with Gasteiger partial charge in [-0.15, -0.1) is 11.3 Å². The van der Waals surface area contributed by atoms with Crippen LogP contribution >= 0.6 is 11.3 Å². The summed E-state index contributed by atoms with van der Waals surface area (Å²) in [5, 5.41) is 14.6. The van der Waals surface area contributed by atoms with Gasteiger partial charge in [0.1, 0.15) is 11.9 Å². The molecule has 142 valence electrons. The minimum atomic E-state index is -0.600. The van der Waals surface area contributed by atoms with E-state index in [4.69, 9.17) is 4.74 Å². The maximum Gasteiger partial charge on any atom is 0.343 e. The number of esters is 1. The van der Waals surface area contributed by atoms with Crippen molar-refractivity contribution in [1.29, 1.82) is 0 Å². The molecule has 1 heterocycles. The molecule has 0 amide bonds. The number of nitrogens with one attached hydrogen (secondary N) is 1. The van der Waals surface area contributed by atoms with Gasteiger partial charge in [0.15, 0.2) is 6.61 Å². The van der Waals surface area contributed by atoms with Crippen LogP contribution in [-0.2, 0) is 16.0 Å². The average molecular weight is 378 g/mol. The van der Waals surface area contributed by atoms with E-state index < -0.39 is 12.1 Å². The maximum absolute atomic E-state index is 11.1. The predicted molar refractivity (Wildman–Crippen MR) is 102 cm³/mol. The Morgan fingerprint density at radius 2 is 2.00 bits per heavy atom. The Labute approximate surface area is 158 Å². The highest BCUT2D eigenvalue weighted by Crippen LogP contribution is 2.22. The fraction of sp³-hybridized carbons (Fsp3) is 0.474. The molecule has 0 aliphatic carbocycles. The Morgan fingerprint density at radius 3 is 2.58 bits per heavy atom.